The summed E-state index contributed by atoms with van der Waals surface area (Å²) in [7, 11) is 3.78. The maximum atomic E-state index is 6.15. The zero-order valence-electron chi connectivity index (χ0n) is 13.3. The van der Waals surface area contributed by atoms with E-state index in [1.54, 1.807) is 15.6 Å². The predicted octanol–water partition coefficient (Wildman–Crippen LogP) is 3.33. The summed E-state index contributed by atoms with van der Waals surface area (Å²) in [5, 5.41) is 13.9. The van der Waals surface area contributed by atoms with Crippen LogP contribution in [-0.2, 0) is 14.1 Å². The molecule has 0 bridgehead atoms. The summed E-state index contributed by atoms with van der Waals surface area (Å²) in [6.45, 7) is 0. The van der Waals surface area contributed by atoms with Crippen LogP contribution in [0.3, 0.4) is 0 Å². The number of hydrogen-bond acceptors (Lipinski definition) is 3. The fourth-order valence-corrected chi connectivity index (χ4v) is 2.82. The van der Waals surface area contributed by atoms with Gasteiger partial charge >= 0.3 is 0 Å². The van der Waals surface area contributed by atoms with E-state index < -0.39 is 0 Å². The molecule has 0 aliphatic carbocycles. The second-order valence-corrected chi connectivity index (χ2v) is 6.05. The SMILES string of the molecule is Cn1cc(-c2cc(-c3cnn(C)c3)n(-c3cccc(Cl)c3)n2)cn1. The highest BCUT2D eigenvalue weighted by atomic mass is 35.5. The molecule has 0 unspecified atom stereocenters. The first-order valence-electron chi connectivity index (χ1n) is 7.44. The average molecular weight is 339 g/mol. The van der Waals surface area contributed by atoms with Gasteiger partial charge in [0, 0.05) is 42.6 Å². The lowest BCUT2D eigenvalue weighted by Gasteiger charge is -2.06. The summed E-state index contributed by atoms with van der Waals surface area (Å²) in [5.74, 6) is 0. The Labute approximate surface area is 143 Å². The molecule has 0 radical (unpaired) electrons. The van der Waals surface area contributed by atoms with Crippen LogP contribution in [0.25, 0.3) is 28.2 Å². The van der Waals surface area contributed by atoms with Gasteiger partial charge in [0.1, 0.15) is 0 Å². The van der Waals surface area contributed by atoms with Crippen molar-refractivity contribution in [1.29, 1.82) is 0 Å². The van der Waals surface area contributed by atoms with Crippen molar-refractivity contribution < 1.29 is 0 Å². The number of halogens is 1. The van der Waals surface area contributed by atoms with Gasteiger partial charge in [0.05, 0.1) is 29.5 Å². The van der Waals surface area contributed by atoms with Crippen molar-refractivity contribution in [2.45, 2.75) is 0 Å². The van der Waals surface area contributed by atoms with E-state index in [9.17, 15) is 0 Å². The highest BCUT2D eigenvalue weighted by molar-refractivity contribution is 6.30. The number of benzene rings is 1. The molecule has 0 N–H and O–H groups in total. The van der Waals surface area contributed by atoms with Gasteiger partial charge in [0.25, 0.3) is 0 Å². The number of aromatic nitrogens is 6. The van der Waals surface area contributed by atoms with Gasteiger partial charge in [-0.25, -0.2) is 4.68 Å². The van der Waals surface area contributed by atoms with Crippen molar-refractivity contribution in [2.24, 2.45) is 14.1 Å². The summed E-state index contributed by atoms with van der Waals surface area (Å²) >= 11 is 6.15. The van der Waals surface area contributed by atoms with Crippen molar-refractivity contribution in [2.75, 3.05) is 0 Å². The van der Waals surface area contributed by atoms with Gasteiger partial charge in [0.2, 0.25) is 0 Å². The molecule has 0 aliphatic rings. The summed E-state index contributed by atoms with van der Waals surface area (Å²) in [5.41, 5.74) is 4.64. The maximum absolute atomic E-state index is 6.15. The summed E-state index contributed by atoms with van der Waals surface area (Å²) in [6.07, 6.45) is 7.53. The van der Waals surface area contributed by atoms with Crippen molar-refractivity contribution in [3.05, 3.63) is 60.1 Å². The smallest absolute Gasteiger partial charge is 0.0965 e. The third-order valence-electron chi connectivity index (χ3n) is 3.76. The Bertz CT molecular complexity index is 1010. The Hall–Kier alpha value is -2.86. The monoisotopic (exact) mass is 338 g/mol. The third kappa shape index (κ3) is 2.61. The molecule has 0 atom stereocenters. The van der Waals surface area contributed by atoms with E-state index in [1.165, 1.54) is 0 Å². The Kier molecular flexibility index (Phi) is 3.46. The van der Waals surface area contributed by atoms with Crippen LogP contribution in [-0.4, -0.2) is 29.3 Å². The van der Waals surface area contributed by atoms with Crippen molar-refractivity contribution in [3.63, 3.8) is 0 Å². The van der Waals surface area contributed by atoms with E-state index in [4.69, 9.17) is 16.7 Å². The second-order valence-electron chi connectivity index (χ2n) is 5.61. The van der Waals surface area contributed by atoms with Gasteiger partial charge in [-0.2, -0.15) is 15.3 Å². The molecule has 3 heterocycles. The fraction of sp³-hybridized carbons (Fsp3) is 0.118. The van der Waals surface area contributed by atoms with Crippen molar-refractivity contribution >= 4 is 11.6 Å². The van der Waals surface area contributed by atoms with Crippen LogP contribution in [0.4, 0.5) is 0 Å². The van der Waals surface area contributed by atoms with Gasteiger partial charge in [0.15, 0.2) is 0 Å². The minimum absolute atomic E-state index is 0.670. The van der Waals surface area contributed by atoms with E-state index in [1.807, 2.05) is 67.7 Å². The predicted molar refractivity (Wildman–Crippen MR) is 93.0 cm³/mol. The molecule has 0 aliphatic heterocycles. The summed E-state index contributed by atoms with van der Waals surface area (Å²) in [4.78, 5) is 0. The van der Waals surface area contributed by atoms with E-state index in [-0.39, 0.29) is 0 Å². The van der Waals surface area contributed by atoms with Gasteiger partial charge < -0.3 is 0 Å². The molecule has 7 heteroatoms. The van der Waals surface area contributed by atoms with Gasteiger partial charge in [-0.15, -0.1) is 0 Å². The lowest BCUT2D eigenvalue weighted by Crippen LogP contribution is -1.98. The molecular formula is C17H15ClN6. The Balaban J connectivity index is 1.91. The van der Waals surface area contributed by atoms with Crippen LogP contribution >= 0.6 is 11.6 Å². The van der Waals surface area contributed by atoms with Crippen molar-refractivity contribution in [3.8, 4) is 28.2 Å². The summed E-state index contributed by atoms with van der Waals surface area (Å²) < 4.78 is 5.41. The molecule has 4 aromatic rings. The number of nitrogens with zero attached hydrogens (tertiary/aromatic N) is 6. The quantitative estimate of drug-likeness (QED) is 0.575. The van der Waals surface area contributed by atoms with Gasteiger partial charge in [-0.3, -0.25) is 9.36 Å². The fourth-order valence-electron chi connectivity index (χ4n) is 2.64. The normalized spacial score (nSPS) is 11.1. The first-order valence-corrected chi connectivity index (χ1v) is 7.82. The van der Waals surface area contributed by atoms with Crippen LogP contribution < -0.4 is 0 Å². The van der Waals surface area contributed by atoms with E-state index in [0.29, 0.717) is 5.02 Å². The topological polar surface area (TPSA) is 53.5 Å². The zero-order valence-corrected chi connectivity index (χ0v) is 14.0. The average Bonchev–Trinajstić information content (AvgIpc) is 3.26. The molecule has 0 saturated carbocycles. The summed E-state index contributed by atoms with van der Waals surface area (Å²) in [6, 6.07) is 9.67. The molecule has 0 saturated heterocycles. The second kappa shape index (κ2) is 5.65. The number of aryl methyl sites for hydroxylation is 2. The number of hydrogen-bond donors (Lipinski definition) is 0. The van der Waals surface area contributed by atoms with Crippen LogP contribution in [0.2, 0.25) is 5.02 Å². The molecule has 6 nitrogen and oxygen atoms in total. The molecule has 0 spiro atoms. The van der Waals surface area contributed by atoms with Crippen LogP contribution in [0, 0.1) is 0 Å². The van der Waals surface area contributed by atoms with E-state index >= 15 is 0 Å². The van der Waals surface area contributed by atoms with E-state index in [2.05, 4.69) is 10.2 Å². The third-order valence-corrected chi connectivity index (χ3v) is 4.00. The van der Waals surface area contributed by atoms with Gasteiger partial charge in [-0.05, 0) is 24.3 Å². The Morgan fingerprint density at radius 1 is 0.917 bits per heavy atom. The minimum Gasteiger partial charge on any atom is -0.275 e. The van der Waals surface area contributed by atoms with Gasteiger partial charge in [-0.1, -0.05) is 17.7 Å². The lowest BCUT2D eigenvalue weighted by molar-refractivity contribution is 0.767. The minimum atomic E-state index is 0.670. The first-order chi connectivity index (χ1) is 11.6. The van der Waals surface area contributed by atoms with Crippen LogP contribution in [0.1, 0.15) is 0 Å². The molecule has 3 aromatic heterocycles. The Morgan fingerprint density at radius 3 is 2.25 bits per heavy atom. The van der Waals surface area contributed by atoms with Crippen molar-refractivity contribution in [1.82, 2.24) is 29.3 Å². The molecule has 0 amide bonds. The first kappa shape index (κ1) is 14.7. The lowest BCUT2D eigenvalue weighted by atomic mass is 10.2. The Morgan fingerprint density at radius 2 is 1.62 bits per heavy atom. The molecular weight excluding hydrogens is 324 g/mol. The van der Waals surface area contributed by atoms with E-state index in [0.717, 1.165) is 28.2 Å². The molecule has 120 valence electrons. The highest BCUT2D eigenvalue weighted by Crippen LogP contribution is 2.29. The molecule has 1 aromatic carbocycles. The highest BCUT2D eigenvalue weighted by Gasteiger charge is 2.15. The van der Waals surface area contributed by atoms with Crippen LogP contribution in [0.15, 0.2) is 55.1 Å². The molecule has 4 rings (SSSR count). The largest absolute Gasteiger partial charge is 0.275 e. The molecule has 0 fully saturated rings. The zero-order chi connectivity index (χ0) is 16.7. The standard InChI is InChI=1S/C17H15ClN6/c1-22-10-12(8-19-22)16-7-17(13-9-20-23(2)11-13)24(21-16)15-5-3-4-14(18)6-15/h3-11H,1-2H3. The maximum Gasteiger partial charge on any atom is 0.0965 e. The number of rotatable bonds is 3. The molecule has 24 heavy (non-hydrogen) atoms. The van der Waals surface area contributed by atoms with Crippen LogP contribution in [0.5, 0.6) is 0 Å².